The zero-order chi connectivity index (χ0) is 17.7. The van der Waals surface area contributed by atoms with Crippen molar-refractivity contribution in [2.45, 2.75) is 58.7 Å². The molecule has 6 heteroatoms. The Morgan fingerprint density at radius 1 is 1.00 bits per heavy atom. The van der Waals surface area contributed by atoms with E-state index in [1.165, 1.54) is 0 Å². The molecule has 0 amide bonds. The highest BCUT2D eigenvalue weighted by Crippen LogP contribution is 2.19. The first-order valence-corrected chi connectivity index (χ1v) is 14.9. The molecule has 0 saturated heterocycles. The van der Waals surface area contributed by atoms with Crippen LogP contribution in [0.2, 0.25) is 39.3 Å². The van der Waals surface area contributed by atoms with Gasteiger partial charge in [-0.3, -0.25) is 0 Å². The number of ether oxygens (including phenoxy) is 1. The number of carbonyl (C=O) groups excluding carboxylic acids is 1. The summed E-state index contributed by atoms with van der Waals surface area (Å²) in [5.74, 6) is 0.601. The lowest BCUT2D eigenvalue weighted by atomic mass is 10.1. The van der Waals surface area contributed by atoms with Gasteiger partial charge in [0.05, 0.1) is 6.61 Å². The van der Waals surface area contributed by atoms with Crippen LogP contribution < -0.4 is 4.43 Å². The van der Waals surface area contributed by atoms with Gasteiger partial charge in [0, 0.05) is 6.42 Å². The van der Waals surface area contributed by atoms with E-state index in [-0.39, 0.29) is 5.97 Å². The quantitative estimate of drug-likeness (QED) is 0.518. The van der Waals surface area contributed by atoms with Gasteiger partial charge in [-0.25, -0.2) is 4.79 Å². The Labute approximate surface area is 142 Å². The van der Waals surface area contributed by atoms with Gasteiger partial charge in [0.25, 0.3) is 0 Å². The molecule has 1 unspecified atom stereocenters. The van der Waals surface area contributed by atoms with E-state index in [1.54, 1.807) is 0 Å². The third-order valence-electron chi connectivity index (χ3n) is 2.81. The van der Waals surface area contributed by atoms with Crippen LogP contribution in [0.25, 0.3) is 0 Å². The van der Waals surface area contributed by atoms with Gasteiger partial charge in [-0.15, -0.1) is 0 Å². The maximum Gasteiger partial charge on any atom is 0.334 e. The van der Waals surface area contributed by atoms with Gasteiger partial charge in [0.15, 0.2) is 8.32 Å². The number of rotatable bonds is 8. The van der Waals surface area contributed by atoms with Crippen molar-refractivity contribution in [2.75, 3.05) is 6.61 Å². The molecule has 23 heavy (non-hydrogen) atoms. The second-order valence-corrected chi connectivity index (χ2v) is 16.4. The van der Waals surface area contributed by atoms with E-state index < -0.39 is 22.7 Å². The van der Waals surface area contributed by atoms with E-state index in [0.29, 0.717) is 13.0 Å². The third kappa shape index (κ3) is 8.34. The van der Waals surface area contributed by atoms with Crippen molar-refractivity contribution in [2.24, 2.45) is 0 Å². The first-order valence-electron chi connectivity index (χ1n) is 8.12. The first kappa shape index (κ1) is 19.9. The summed E-state index contributed by atoms with van der Waals surface area (Å²) in [6.07, 6.45) is -0.0126. The Bertz CT molecular complexity index is 501. The molecule has 130 valence electrons. The molecule has 0 saturated carbocycles. The summed E-state index contributed by atoms with van der Waals surface area (Å²) in [4.78, 5) is 12.1. The first-order chi connectivity index (χ1) is 10.5. The van der Waals surface area contributed by atoms with Crippen LogP contribution in [0.15, 0.2) is 24.3 Å². The van der Waals surface area contributed by atoms with E-state index in [1.807, 2.05) is 31.2 Å². The second kappa shape index (κ2) is 8.12. The van der Waals surface area contributed by atoms with Crippen molar-refractivity contribution < 1.29 is 18.4 Å². The van der Waals surface area contributed by atoms with Gasteiger partial charge in [-0.1, -0.05) is 12.1 Å². The fourth-order valence-corrected chi connectivity index (χ4v) is 3.97. The molecule has 1 rings (SSSR count). The Morgan fingerprint density at radius 3 is 2.00 bits per heavy atom. The van der Waals surface area contributed by atoms with Crippen molar-refractivity contribution in [3.8, 4) is 5.75 Å². The van der Waals surface area contributed by atoms with Crippen molar-refractivity contribution in [3.05, 3.63) is 29.8 Å². The second-order valence-electron chi connectivity index (χ2n) is 7.53. The Kier molecular flexibility index (Phi) is 7.04. The Balaban J connectivity index is 2.80. The summed E-state index contributed by atoms with van der Waals surface area (Å²) in [7, 11) is -3.43. The minimum atomic E-state index is -1.83. The van der Waals surface area contributed by atoms with Crippen molar-refractivity contribution >= 4 is 22.6 Å². The predicted octanol–water partition coefficient (Wildman–Crippen LogP) is 4.23. The zero-order valence-corrected chi connectivity index (χ0v) is 17.4. The highest BCUT2D eigenvalue weighted by Gasteiger charge is 2.28. The van der Waals surface area contributed by atoms with Crippen molar-refractivity contribution in [1.82, 2.24) is 0 Å². The van der Waals surface area contributed by atoms with E-state index in [4.69, 9.17) is 13.6 Å². The molecule has 1 aromatic rings. The number of carbonyl (C=O) groups is 1. The van der Waals surface area contributed by atoms with Crippen molar-refractivity contribution in [1.29, 1.82) is 0 Å². The molecular weight excluding hydrogens is 324 g/mol. The average Bonchev–Trinajstić information content (AvgIpc) is 2.37. The standard InChI is InChI=1S/C17H30O4Si2/c1-8-19-17(18)16(21-23(5,6)7)13-14-9-11-15(12-10-14)20-22(2,3)4/h9-12,16H,8,13H2,1-7H3. The summed E-state index contributed by atoms with van der Waals surface area (Å²) in [5.41, 5.74) is 1.05. The minimum absolute atomic E-state index is 0.280. The summed E-state index contributed by atoms with van der Waals surface area (Å²) in [6, 6.07) is 7.92. The molecular formula is C17H30O4Si2. The molecule has 0 heterocycles. The van der Waals surface area contributed by atoms with E-state index in [2.05, 4.69) is 39.3 Å². The molecule has 0 spiro atoms. The molecule has 0 N–H and O–H groups in total. The van der Waals surface area contributed by atoms with Crippen LogP contribution in [0, 0.1) is 0 Å². The van der Waals surface area contributed by atoms with Gasteiger partial charge in [0.1, 0.15) is 11.9 Å². The monoisotopic (exact) mass is 354 g/mol. The zero-order valence-electron chi connectivity index (χ0n) is 15.4. The number of esters is 1. The molecule has 0 aromatic heterocycles. The van der Waals surface area contributed by atoms with E-state index >= 15 is 0 Å². The van der Waals surface area contributed by atoms with Gasteiger partial charge in [-0.05, 0) is 63.9 Å². The highest BCUT2D eigenvalue weighted by molar-refractivity contribution is 6.70. The van der Waals surface area contributed by atoms with E-state index in [9.17, 15) is 4.79 Å². The third-order valence-corrected chi connectivity index (χ3v) is 4.65. The van der Waals surface area contributed by atoms with Crippen LogP contribution >= 0.6 is 0 Å². The summed E-state index contributed by atoms with van der Waals surface area (Å²) >= 11 is 0. The average molecular weight is 355 g/mol. The van der Waals surface area contributed by atoms with Crippen LogP contribution in [0.4, 0.5) is 0 Å². The Hall–Kier alpha value is -1.12. The predicted molar refractivity (Wildman–Crippen MR) is 99.0 cm³/mol. The molecule has 0 aliphatic heterocycles. The summed E-state index contributed by atoms with van der Waals surface area (Å²) in [6.45, 7) is 14.9. The molecule has 0 bridgehead atoms. The van der Waals surface area contributed by atoms with E-state index in [0.717, 1.165) is 11.3 Å². The van der Waals surface area contributed by atoms with Gasteiger partial charge in [0.2, 0.25) is 8.32 Å². The maximum absolute atomic E-state index is 12.1. The number of hydrogen-bond donors (Lipinski definition) is 0. The molecule has 0 aliphatic rings. The number of benzene rings is 1. The fraction of sp³-hybridized carbons (Fsp3) is 0.588. The summed E-state index contributed by atoms with van der Waals surface area (Å²) < 4.78 is 17.1. The molecule has 0 fully saturated rings. The lowest BCUT2D eigenvalue weighted by molar-refractivity contribution is -0.151. The van der Waals surface area contributed by atoms with Gasteiger partial charge in [-0.2, -0.15) is 0 Å². The topological polar surface area (TPSA) is 44.8 Å². The molecule has 1 atom stereocenters. The van der Waals surface area contributed by atoms with Crippen LogP contribution in [0.1, 0.15) is 12.5 Å². The van der Waals surface area contributed by atoms with Gasteiger partial charge >= 0.3 is 5.97 Å². The van der Waals surface area contributed by atoms with Crippen molar-refractivity contribution in [3.63, 3.8) is 0 Å². The normalized spacial score (nSPS) is 13.5. The summed E-state index contributed by atoms with van der Waals surface area (Å²) in [5, 5.41) is 0. The SMILES string of the molecule is CCOC(=O)C(Cc1ccc(O[Si](C)(C)C)cc1)O[Si](C)(C)C. The smallest absolute Gasteiger partial charge is 0.334 e. The van der Waals surface area contributed by atoms with Gasteiger partial charge < -0.3 is 13.6 Å². The van der Waals surface area contributed by atoms with Crippen LogP contribution in [0.5, 0.6) is 5.75 Å². The molecule has 0 aliphatic carbocycles. The highest BCUT2D eigenvalue weighted by atomic mass is 28.4. The molecule has 4 nitrogen and oxygen atoms in total. The molecule has 0 radical (unpaired) electrons. The largest absolute Gasteiger partial charge is 0.544 e. The minimum Gasteiger partial charge on any atom is -0.544 e. The maximum atomic E-state index is 12.1. The van der Waals surface area contributed by atoms with Crippen LogP contribution in [-0.2, 0) is 20.4 Å². The lowest BCUT2D eigenvalue weighted by Crippen LogP contribution is -2.39. The van der Waals surface area contributed by atoms with Crippen LogP contribution in [0.3, 0.4) is 0 Å². The molecule has 1 aromatic carbocycles. The Morgan fingerprint density at radius 2 is 1.57 bits per heavy atom. The van der Waals surface area contributed by atoms with Crippen LogP contribution in [-0.4, -0.2) is 35.3 Å². The lowest BCUT2D eigenvalue weighted by Gasteiger charge is -2.25. The number of hydrogen-bond acceptors (Lipinski definition) is 4. The fourth-order valence-electron chi connectivity index (χ4n) is 2.10.